The van der Waals surface area contributed by atoms with Gasteiger partial charge in [-0.2, -0.15) is 0 Å². The fourth-order valence-electron chi connectivity index (χ4n) is 3.76. The van der Waals surface area contributed by atoms with Crippen LogP contribution in [0.25, 0.3) is 6.08 Å². The second-order valence-electron chi connectivity index (χ2n) is 8.81. The van der Waals surface area contributed by atoms with Gasteiger partial charge in [0.1, 0.15) is 23.0 Å². The maximum Gasteiger partial charge on any atom is 0.272 e. The van der Waals surface area contributed by atoms with E-state index in [0.717, 1.165) is 4.90 Å². The number of hydrogen-bond acceptors (Lipinski definition) is 6. The van der Waals surface area contributed by atoms with Crippen molar-refractivity contribution in [2.75, 3.05) is 30.6 Å². The molecule has 0 spiro atoms. The third-order valence-electron chi connectivity index (χ3n) is 5.88. The molecule has 4 aromatic carbocycles. The van der Waals surface area contributed by atoms with Crippen molar-refractivity contribution in [2.45, 2.75) is 4.90 Å². The molecule has 42 heavy (non-hydrogen) atoms. The standard InChI is InChI=1S/C32H28FN3O5S/c1-40-26-14-17-29(41-2)22(18-26)19-28(36-31(38)21-6-4-3-5-7-21)32(39)35-25-12-15-27(16-13-25)42-20-30(37)34-24-10-8-23(33)9-11-24/h3-19H,20H2,1-2H3,(H,34,37)(H,35,39)(H,36,38)/b28-19-. The Kier molecular flexibility index (Phi) is 10.3. The molecule has 0 fully saturated rings. The van der Waals surface area contributed by atoms with Crippen LogP contribution in [0.3, 0.4) is 0 Å². The van der Waals surface area contributed by atoms with Gasteiger partial charge in [-0.15, -0.1) is 11.8 Å². The summed E-state index contributed by atoms with van der Waals surface area (Å²) in [5.41, 5.74) is 1.90. The molecule has 3 amide bonds. The van der Waals surface area contributed by atoms with Gasteiger partial charge in [-0.3, -0.25) is 14.4 Å². The smallest absolute Gasteiger partial charge is 0.272 e. The lowest BCUT2D eigenvalue weighted by molar-refractivity contribution is -0.114. The average Bonchev–Trinajstić information content (AvgIpc) is 3.01. The Labute approximate surface area is 246 Å². The van der Waals surface area contributed by atoms with Crippen LogP contribution in [0.15, 0.2) is 108 Å². The van der Waals surface area contributed by atoms with Crippen molar-refractivity contribution < 1.29 is 28.2 Å². The number of thioether (sulfide) groups is 1. The highest BCUT2D eigenvalue weighted by Crippen LogP contribution is 2.27. The van der Waals surface area contributed by atoms with Crippen LogP contribution >= 0.6 is 11.8 Å². The van der Waals surface area contributed by atoms with Crippen molar-refractivity contribution in [3.05, 3.63) is 120 Å². The Balaban J connectivity index is 1.46. The fourth-order valence-corrected chi connectivity index (χ4v) is 4.46. The summed E-state index contributed by atoms with van der Waals surface area (Å²) in [5.74, 6) is -0.441. The molecular weight excluding hydrogens is 557 g/mol. The van der Waals surface area contributed by atoms with E-state index in [4.69, 9.17) is 9.47 Å². The number of anilines is 2. The van der Waals surface area contributed by atoms with Gasteiger partial charge in [0.15, 0.2) is 0 Å². The highest BCUT2D eigenvalue weighted by Gasteiger charge is 2.17. The molecule has 8 nitrogen and oxygen atoms in total. The summed E-state index contributed by atoms with van der Waals surface area (Å²) in [6, 6.07) is 26.1. The number of nitrogens with one attached hydrogen (secondary N) is 3. The van der Waals surface area contributed by atoms with Crippen LogP contribution in [0.1, 0.15) is 15.9 Å². The number of ether oxygens (including phenoxy) is 2. The topological polar surface area (TPSA) is 106 Å². The number of benzene rings is 4. The first-order valence-corrected chi connectivity index (χ1v) is 13.7. The van der Waals surface area contributed by atoms with Crippen molar-refractivity contribution in [1.29, 1.82) is 0 Å². The van der Waals surface area contributed by atoms with Gasteiger partial charge in [-0.05, 0) is 84.9 Å². The lowest BCUT2D eigenvalue weighted by Gasteiger charge is -2.13. The fraction of sp³-hybridized carbons (Fsp3) is 0.0938. The first kappa shape index (κ1) is 29.9. The zero-order chi connectivity index (χ0) is 29.9. The average molecular weight is 586 g/mol. The van der Waals surface area contributed by atoms with Gasteiger partial charge < -0.3 is 25.4 Å². The molecule has 4 aromatic rings. The van der Waals surface area contributed by atoms with E-state index in [-0.39, 0.29) is 23.2 Å². The summed E-state index contributed by atoms with van der Waals surface area (Å²) >= 11 is 1.31. The summed E-state index contributed by atoms with van der Waals surface area (Å²) in [6.45, 7) is 0. The first-order valence-electron chi connectivity index (χ1n) is 12.7. The lowest BCUT2D eigenvalue weighted by Crippen LogP contribution is -2.30. The molecule has 10 heteroatoms. The summed E-state index contributed by atoms with van der Waals surface area (Å²) in [7, 11) is 3.04. The van der Waals surface area contributed by atoms with E-state index in [0.29, 0.717) is 34.0 Å². The predicted molar refractivity (Wildman–Crippen MR) is 162 cm³/mol. The highest BCUT2D eigenvalue weighted by molar-refractivity contribution is 8.00. The van der Waals surface area contributed by atoms with E-state index in [1.165, 1.54) is 56.3 Å². The normalized spacial score (nSPS) is 10.9. The van der Waals surface area contributed by atoms with Crippen molar-refractivity contribution in [2.24, 2.45) is 0 Å². The van der Waals surface area contributed by atoms with Crippen LogP contribution in [-0.4, -0.2) is 37.7 Å². The van der Waals surface area contributed by atoms with Crippen molar-refractivity contribution >= 4 is 46.9 Å². The third kappa shape index (κ3) is 8.45. The van der Waals surface area contributed by atoms with Gasteiger partial charge in [0.25, 0.3) is 11.8 Å². The molecule has 0 aliphatic heterocycles. The zero-order valence-corrected chi connectivity index (χ0v) is 23.7. The summed E-state index contributed by atoms with van der Waals surface area (Å²) < 4.78 is 23.8. The van der Waals surface area contributed by atoms with E-state index >= 15 is 0 Å². The minimum atomic E-state index is -0.553. The Bertz CT molecular complexity index is 1580. The van der Waals surface area contributed by atoms with Crippen LogP contribution in [0, 0.1) is 5.82 Å². The number of rotatable bonds is 11. The van der Waals surface area contributed by atoms with Gasteiger partial charge in [-0.1, -0.05) is 18.2 Å². The quantitative estimate of drug-likeness (QED) is 0.148. The number of methoxy groups -OCH3 is 2. The maximum atomic E-state index is 13.4. The van der Waals surface area contributed by atoms with E-state index in [2.05, 4.69) is 16.0 Å². The second kappa shape index (κ2) is 14.5. The minimum Gasteiger partial charge on any atom is -0.497 e. The lowest BCUT2D eigenvalue weighted by atomic mass is 10.1. The summed E-state index contributed by atoms with van der Waals surface area (Å²) in [5, 5.41) is 8.21. The number of carbonyl (C=O) groups is 3. The Morgan fingerprint density at radius 1 is 0.810 bits per heavy atom. The molecule has 0 heterocycles. The molecule has 0 aliphatic carbocycles. The van der Waals surface area contributed by atoms with E-state index in [1.807, 2.05) is 0 Å². The molecule has 0 unspecified atom stereocenters. The van der Waals surface area contributed by atoms with Crippen molar-refractivity contribution in [1.82, 2.24) is 5.32 Å². The molecule has 3 N–H and O–H groups in total. The molecule has 0 saturated carbocycles. The maximum absolute atomic E-state index is 13.4. The molecule has 0 atom stereocenters. The van der Waals surface area contributed by atoms with Gasteiger partial charge in [0.2, 0.25) is 5.91 Å². The molecule has 4 rings (SSSR count). The van der Waals surface area contributed by atoms with Gasteiger partial charge in [0, 0.05) is 27.4 Å². The van der Waals surface area contributed by atoms with Crippen LogP contribution in [0.2, 0.25) is 0 Å². The predicted octanol–water partition coefficient (Wildman–Crippen LogP) is 5.98. The monoisotopic (exact) mass is 585 g/mol. The third-order valence-corrected chi connectivity index (χ3v) is 6.89. The Morgan fingerprint density at radius 2 is 1.48 bits per heavy atom. The van der Waals surface area contributed by atoms with Crippen molar-refractivity contribution in [3.63, 3.8) is 0 Å². The van der Waals surface area contributed by atoms with Crippen molar-refractivity contribution in [3.8, 4) is 11.5 Å². The minimum absolute atomic E-state index is 0.00804. The highest BCUT2D eigenvalue weighted by atomic mass is 32.2. The van der Waals surface area contributed by atoms with Gasteiger partial charge in [-0.25, -0.2) is 4.39 Å². The summed E-state index contributed by atoms with van der Waals surface area (Å²) in [4.78, 5) is 39.4. The SMILES string of the molecule is COc1ccc(OC)c(/C=C(\NC(=O)c2ccccc2)C(=O)Nc2ccc(SCC(=O)Nc3ccc(F)cc3)cc2)c1. The van der Waals surface area contributed by atoms with E-state index < -0.39 is 11.8 Å². The molecular formula is C32H28FN3O5S. The second-order valence-corrected chi connectivity index (χ2v) is 9.86. The number of carbonyl (C=O) groups excluding carboxylic acids is 3. The molecule has 0 bridgehead atoms. The van der Waals surface area contributed by atoms with E-state index in [9.17, 15) is 18.8 Å². The van der Waals surface area contributed by atoms with Gasteiger partial charge >= 0.3 is 0 Å². The zero-order valence-electron chi connectivity index (χ0n) is 22.8. The van der Waals surface area contributed by atoms with Crippen LogP contribution in [-0.2, 0) is 9.59 Å². The Hall–Kier alpha value is -5.09. The number of amides is 3. The molecule has 0 aliphatic rings. The molecule has 0 aromatic heterocycles. The molecule has 0 radical (unpaired) electrons. The first-order chi connectivity index (χ1) is 20.3. The number of hydrogen-bond donors (Lipinski definition) is 3. The van der Waals surface area contributed by atoms with Crippen LogP contribution < -0.4 is 25.4 Å². The van der Waals surface area contributed by atoms with Crippen LogP contribution in [0.5, 0.6) is 11.5 Å². The molecule has 0 saturated heterocycles. The van der Waals surface area contributed by atoms with Crippen LogP contribution in [0.4, 0.5) is 15.8 Å². The number of halogens is 1. The molecule has 214 valence electrons. The van der Waals surface area contributed by atoms with Gasteiger partial charge in [0.05, 0.1) is 20.0 Å². The van der Waals surface area contributed by atoms with E-state index in [1.54, 1.807) is 72.8 Å². The largest absolute Gasteiger partial charge is 0.497 e. The Morgan fingerprint density at radius 3 is 2.14 bits per heavy atom. The summed E-state index contributed by atoms with van der Waals surface area (Å²) in [6.07, 6.45) is 1.52.